The molecule has 146 valence electrons. The molecule has 1 aromatic heterocycles. The quantitative estimate of drug-likeness (QED) is 0.282. The van der Waals surface area contributed by atoms with Crippen LogP contribution < -0.4 is 5.43 Å². The second-order valence-electron chi connectivity index (χ2n) is 7.01. The van der Waals surface area contributed by atoms with Crippen molar-refractivity contribution in [2.24, 2.45) is 5.10 Å². The highest BCUT2D eigenvalue weighted by Gasteiger charge is 2.08. The van der Waals surface area contributed by atoms with Crippen LogP contribution in [-0.4, -0.2) is 10.8 Å². The zero-order valence-corrected chi connectivity index (χ0v) is 17.6. The summed E-state index contributed by atoms with van der Waals surface area (Å²) in [4.78, 5) is 0. The fraction of sp³-hybridized carbons (Fsp3) is 0.125. The van der Waals surface area contributed by atoms with Gasteiger partial charge in [-0.05, 0) is 30.7 Å². The Balaban J connectivity index is 1.54. The fourth-order valence-electron chi connectivity index (χ4n) is 3.34. The number of benzene rings is 3. The van der Waals surface area contributed by atoms with E-state index in [9.17, 15) is 0 Å². The van der Waals surface area contributed by atoms with Gasteiger partial charge in [-0.3, -0.25) is 0 Å². The highest BCUT2D eigenvalue weighted by atomic mass is 35.5. The van der Waals surface area contributed by atoms with E-state index in [0.717, 1.165) is 17.7 Å². The highest BCUT2D eigenvalue weighted by Crippen LogP contribution is 2.24. The average Bonchev–Trinajstić information content (AvgIpc) is 3.06. The van der Waals surface area contributed by atoms with Crippen molar-refractivity contribution in [3.63, 3.8) is 0 Å². The Morgan fingerprint density at radius 2 is 1.66 bits per heavy atom. The van der Waals surface area contributed by atoms with Crippen LogP contribution in [0.25, 0.3) is 10.9 Å². The minimum absolute atomic E-state index is 0.469. The summed E-state index contributed by atoms with van der Waals surface area (Å²) in [6, 6.07) is 22.5. The lowest BCUT2D eigenvalue weighted by Crippen LogP contribution is -2.06. The number of hydrogen-bond acceptors (Lipinski definition) is 2. The van der Waals surface area contributed by atoms with Crippen LogP contribution in [0, 0.1) is 6.92 Å². The van der Waals surface area contributed by atoms with Gasteiger partial charge in [0.15, 0.2) is 0 Å². The molecule has 0 radical (unpaired) electrons. The molecule has 0 saturated heterocycles. The number of para-hydroxylation sites is 1. The minimum atomic E-state index is 0.469. The number of hydrazone groups is 1. The highest BCUT2D eigenvalue weighted by molar-refractivity contribution is 6.35. The van der Waals surface area contributed by atoms with Crippen LogP contribution in [-0.2, 0) is 13.1 Å². The Hall–Kier alpha value is -2.75. The first-order chi connectivity index (χ1) is 14.1. The molecular weight excluding hydrogens is 401 g/mol. The van der Waals surface area contributed by atoms with Crippen LogP contribution in [0.3, 0.4) is 0 Å². The number of nitrogens with zero attached hydrogens (tertiary/aromatic N) is 2. The van der Waals surface area contributed by atoms with Crippen LogP contribution in [0.1, 0.15) is 22.3 Å². The van der Waals surface area contributed by atoms with E-state index in [1.165, 1.54) is 22.0 Å². The molecule has 0 saturated carbocycles. The first-order valence-corrected chi connectivity index (χ1v) is 10.2. The number of fused-ring (bicyclic) bond motifs is 1. The van der Waals surface area contributed by atoms with Crippen molar-refractivity contribution < 1.29 is 0 Å². The van der Waals surface area contributed by atoms with Gasteiger partial charge in [0, 0.05) is 44.8 Å². The number of aromatic nitrogens is 1. The first kappa shape index (κ1) is 19.6. The number of aryl methyl sites for hydroxylation is 1. The summed E-state index contributed by atoms with van der Waals surface area (Å²) in [7, 11) is 0. The van der Waals surface area contributed by atoms with E-state index in [1.807, 2.05) is 30.5 Å². The van der Waals surface area contributed by atoms with Crippen LogP contribution >= 0.6 is 23.2 Å². The third-order valence-corrected chi connectivity index (χ3v) is 5.61. The summed E-state index contributed by atoms with van der Waals surface area (Å²) in [6.07, 6.45) is 3.98. The Bertz CT molecular complexity index is 1140. The van der Waals surface area contributed by atoms with Crippen LogP contribution in [0.5, 0.6) is 0 Å². The molecule has 4 aromatic rings. The summed E-state index contributed by atoms with van der Waals surface area (Å²) >= 11 is 12.4. The molecule has 0 spiro atoms. The number of hydrogen-bond donors (Lipinski definition) is 1. The SMILES string of the molecule is Cc1ccc(Cn2cc(/C=N/NCc3c(Cl)cccc3Cl)c3ccccc32)cc1. The average molecular weight is 422 g/mol. The molecule has 0 unspecified atom stereocenters. The van der Waals surface area contributed by atoms with Gasteiger partial charge in [0.1, 0.15) is 0 Å². The van der Waals surface area contributed by atoms with Crippen molar-refractivity contribution >= 4 is 40.3 Å². The van der Waals surface area contributed by atoms with Gasteiger partial charge in [-0.2, -0.15) is 5.10 Å². The molecule has 5 heteroatoms. The van der Waals surface area contributed by atoms with Gasteiger partial charge >= 0.3 is 0 Å². The molecule has 1 heterocycles. The van der Waals surface area contributed by atoms with E-state index in [1.54, 1.807) is 0 Å². The van der Waals surface area contributed by atoms with Gasteiger partial charge in [-0.15, -0.1) is 0 Å². The minimum Gasteiger partial charge on any atom is -0.342 e. The van der Waals surface area contributed by atoms with Gasteiger partial charge in [0.2, 0.25) is 0 Å². The molecule has 0 fully saturated rings. The van der Waals surface area contributed by atoms with E-state index in [-0.39, 0.29) is 0 Å². The number of nitrogens with one attached hydrogen (secondary N) is 1. The summed E-state index contributed by atoms with van der Waals surface area (Å²) in [6.45, 7) is 3.39. The molecule has 4 rings (SSSR count). The molecule has 0 aliphatic carbocycles. The predicted octanol–water partition coefficient (Wildman–Crippen LogP) is 6.43. The Labute approximate surface area is 180 Å². The van der Waals surface area contributed by atoms with Crippen molar-refractivity contribution in [2.75, 3.05) is 0 Å². The van der Waals surface area contributed by atoms with Gasteiger partial charge in [0.05, 0.1) is 12.8 Å². The van der Waals surface area contributed by atoms with Gasteiger partial charge in [0.25, 0.3) is 0 Å². The Morgan fingerprint density at radius 3 is 2.41 bits per heavy atom. The van der Waals surface area contributed by atoms with E-state index in [2.05, 4.69) is 70.7 Å². The van der Waals surface area contributed by atoms with E-state index in [0.29, 0.717) is 16.6 Å². The lowest BCUT2D eigenvalue weighted by atomic mass is 10.1. The largest absolute Gasteiger partial charge is 0.342 e. The predicted molar refractivity (Wildman–Crippen MR) is 123 cm³/mol. The van der Waals surface area contributed by atoms with Crippen molar-refractivity contribution in [1.82, 2.24) is 9.99 Å². The molecule has 3 aromatic carbocycles. The first-order valence-electron chi connectivity index (χ1n) is 9.44. The third kappa shape index (κ3) is 4.47. The maximum atomic E-state index is 6.21. The fourth-order valence-corrected chi connectivity index (χ4v) is 3.87. The summed E-state index contributed by atoms with van der Waals surface area (Å²) in [5.74, 6) is 0. The normalized spacial score (nSPS) is 11.4. The maximum absolute atomic E-state index is 6.21. The molecule has 0 amide bonds. The monoisotopic (exact) mass is 421 g/mol. The topological polar surface area (TPSA) is 29.3 Å². The van der Waals surface area contributed by atoms with Crippen molar-refractivity contribution in [3.05, 3.63) is 105 Å². The molecule has 3 nitrogen and oxygen atoms in total. The molecular formula is C24H21Cl2N3. The molecule has 0 atom stereocenters. The standard InChI is InChI=1S/C24H21Cl2N3/c1-17-9-11-18(12-10-17)15-29-16-19(20-5-2-3-8-24(20)29)13-27-28-14-21-22(25)6-4-7-23(21)26/h2-13,16,28H,14-15H2,1H3/b27-13+. The van der Waals surface area contributed by atoms with E-state index in [4.69, 9.17) is 23.2 Å². The number of halogens is 2. The summed E-state index contributed by atoms with van der Waals surface area (Å²) in [5.41, 5.74) is 8.68. The molecule has 0 aliphatic rings. The zero-order chi connectivity index (χ0) is 20.2. The summed E-state index contributed by atoms with van der Waals surface area (Å²) < 4.78 is 2.26. The lowest BCUT2D eigenvalue weighted by Gasteiger charge is -2.06. The van der Waals surface area contributed by atoms with Crippen LogP contribution in [0.4, 0.5) is 0 Å². The second-order valence-corrected chi connectivity index (χ2v) is 7.82. The third-order valence-electron chi connectivity index (χ3n) is 4.91. The summed E-state index contributed by atoms with van der Waals surface area (Å²) in [5, 5.41) is 6.83. The molecule has 29 heavy (non-hydrogen) atoms. The Morgan fingerprint density at radius 1 is 0.931 bits per heavy atom. The van der Waals surface area contributed by atoms with Crippen LogP contribution in [0.2, 0.25) is 10.0 Å². The molecule has 1 N–H and O–H groups in total. The maximum Gasteiger partial charge on any atom is 0.0609 e. The number of rotatable bonds is 6. The molecule has 0 aliphatic heterocycles. The van der Waals surface area contributed by atoms with Gasteiger partial charge in [-0.25, -0.2) is 0 Å². The smallest absolute Gasteiger partial charge is 0.0609 e. The van der Waals surface area contributed by atoms with E-state index >= 15 is 0 Å². The lowest BCUT2D eigenvalue weighted by molar-refractivity contribution is 0.748. The molecule has 0 bridgehead atoms. The van der Waals surface area contributed by atoms with Crippen molar-refractivity contribution in [1.29, 1.82) is 0 Å². The van der Waals surface area contributed by atoms with Crippen molar-refractivity contribution in [3.8, 4) is 0 Å². The van der Waals surface area contributed by atoms with Crippen LogP contribution in [0.15, 0.2) is 78.0 Å². The Kier molecular flexibility index (Phi) is 5.89. The zero-order valence-electron chi connectivity index (χ0n) is 16.1. The van der Waals surface area contributed by atoms with Gasteiger partial charge in [-0.1, -0.05) is 77.3 Å². The van der Waals surface area contributed by atoms with E-state index < -0.39 is 0 Å². The van der Waals surface area contributed by atoms with Gasteiger partial charge < -0.3 is 9.99 Å². The van der Waals surface area contributed by atoms with Crippen molar-refractivity contribution in [2.45, 2.75) is 20.0 Å². The second kappa shape index (κ2) is 8.73.